The number of hydrogen-bond acceptors (Lipinski definition) is 1. The van der Waals surface area contributed by atoms with E-state index in [1.807, 2.05) is 0 Å². The molecule has 0 fully saturated rings. The molecule has 7 heteroatoms. The zero-order valence-electron chi connectivity index (χ0n) is 9.43. The van der Waals surface area contributed by atoms with Crippen molar-refractivity contribution < 1.29 is 69.1 Å². The number of hydrogen-bond donors (Lipinski definition) is 0. The van der Waals surface area contributed by atoms with E-state index in [9.17, 15) is 12.9 Å². The SMILES string of the molecule is C=C(COCc1ccc(Br)cc1)[B-](F)(F)F.[K+]. The van der Waals surface area contributed by atoms with Gasteiger partial charge in [-0.1, -0.05) is 28.1 Å². The van der Waals surface area contributed by atoms with E-state index in [4.69, 9.17) is 4.74 Å². The molecule has 0 aromatic heterocycles. The largest absolute Gasteiger partial charge is 1.00 e. The van der Waals surface area contributed by atoms with E-state index >= 15 is 0 Å². The quantitative estimate of drug-likeness (QED) is 0.728. The van der Waals surface area contributed by atoms with E-state index in [0.29, 0.717) is 0 Å². The molecule has 17 heavy (non-hydrogen) atoms. The summed E-state index contributed by atoms with van der Waals surface area (Å²) in [4.78, 5) is 0. The van der Waals surface area contributed by atoms with Gasteiger partial charge in [-0.3, -0.25) is 0 Å². The maximum absolute atomic E-state index is 12.1. The van der Waals surface area contributed by atoms with Crippen LogP contribution in [0.15, 0.2) is 40.8 Å². The second kappa shape index (κ2) is 8.14. The average Bonchev–Trinajstić information content (AvgIpc) is 2.19. The zero-order chi connectivity index (χ0) is 12.2. The molecule has 1 aromatic rings. The molecule has 0 aliphatic carbocycles. The van der Waals surface area contributed by atoms with Crippen LogP contribution in [0.1, 0.15) is 5.56 Å². The van der Waals surface area contributed by atoms with Crippen LogP contribution in [0.25, 0.3) is 0 Å². The monoisotopic (exact) mass is 332 g/mol. The van der Waals surface area contributed by atoms with E-state index in [0.717, 1.165) is 10.0 Å². The third kappa shape index (κ3) is 7.15. The number of benzene rings is 1. The Morgan fingerprint density at radius 3 is 2.24 bits per heavy atom. The second-order valence-corrected chi connectivity index (χ2v) is 4.27. The summed E-state index contributed by atoms with van der Waals surface area (Å²) in [5.74, 6) is 0. The van der Waals surface area contributed by atoms with Crippen molar-refractivity contribution in [2.45, 2.75) is 6.61 Å². The molecule has 0 aliphatic rings. The van der Waals surface area contributed by atoms with Gasteiger partial charge in [0.1, 0.15) is 0 Å². The van der Waals surface area contributed by atoms with Crippen molar-refractivity contribution in [1.82, 2.24) is 0 Å². The van der Waals surface area contributed by atoms with Crippen molar-refractivity contribution in [3.8, 4) is 0 Å². The van der Waals surface area contributed by atoms with Crippen LogP contribution < -0.4 is 51.4 Å². The van der Waals surface area contributed by atoms with Crippen LogP contribution in [0.5, 0.6) is 0 Å². The van der Waals surface area contributed by atoms with Gasteiger partial charge >= 0.3 is 58.4 Å². The minimum Gasteiger partial charge on any atom is -0.445 e. The third-order valence-corrected chi connectivity index (χ3v) is 2.46. The van der Waals surface area contributed by atoms with Gasteiger partial charge in [-0.2, -0.15) is 0 Å². The fourth-order valence-electron chi connectivity index (χ4n) is 0.975. The summed E-state index contributed by atoms with van der Waals surface area (Å²) < 4.78 is 42.2. The Kier molecular flexibility index (Phi) is 8.57. The Morgan fingerprint density at radius 2 is 1.76 bits per heavy atom. The molecule has 0 heterocycles. The van der Waals surface area contributed by atoms with Gasteiger partial charge < -0.3 is 17.7 Å². The topological polar surface area (TPSA) is 9.23 Å². The summed E-state index contributed by atoms with van der Waals surface area (Å²) in [7, 11) is 0. The summed E-state index contributed by atoms with van der Waals surface area (Å²) in [6, 6.07) is 7.18. The van der Waals surface area contributed by atoms with E-state index in [1.54, 1.807) is 24.3 Å². The summed E-state index contributed by atoms with van der Waals surface area (Å²) >= 11 is 3.26. The normalized spacial score (nSPS) is 10.8. The Labute approximate surface area is 149 Å². The van der Waals surface area contributed by atoms with Crippen LogP contribution in [0.3, 0.4) is 0 Å². The molecular formula is C10H10BBrF3KO. The average molecular weight is 333 g/mol. The molecule has 0 amide bonds. The maximum atomic E-state index is 12.1. The van der Waals surface area contributed by atoms with Gasteiger partial charge in [0.15, 0.2) is 0 Å². The molecule has 1 nitrogen and oxygen atoms in total. The summed E-state index contributed by atoms with van der Waals surface area (Å²) in [5, 5.41) is 0. The molecule has 0 radical (unpaired) electrons. The Bertz CT molecular complexity index is 367. The van der Waals surface area contributed by atoms with Crippen molar-refractivity contribution in [3.05, 3.63) is 46.4 Å². The first kappa shape index (κ1) is 17.9. The number of halogens is 4. The van der Waals surface area contributed by atoms with Crippen LogP contribution >= 0.6 is 15.9 Å². The fourth-order valence-corrected chi connectivity index (χ4v) is 1.24. The van der Waals surface area contributed by atoms with E-state index in [2.05, 4.69) is 22.5 Å². The molecule has 0 unspecified atom stereocenters. The minimum atomic E-state index is -4.99. The molecular weight excluding hydrogens is 323 g/mol. The summed E-state index contributed by atoms with van der Waals surface area (Å²) in [6.07, 6.45) is 0. The molecule has 0 saturated heterocycles. The Morgan fingerprint density at radius 1 is 1.24 bits per heavy atom. The van der Waals surface area contributed by atoms with Crippen molar-refractivity contribution in [2.75, 3.05) is 6.61 Å². The van der Waals surface area contributed by atoms with Crippen LogP contribution in [0.2, 0.25) is 0 Å². The molecule has 0 N–H and O–H groups in total. The van der Waals surface area contributed by atoms with Gasteiger partial charge in [0, 0.05) is 11.1 Å². The van der Waals surface area contributed by atoms with Gasteiger partial charge in [0.2, 0.25) is 0 Å². The van der Waals surface area contributed by atoms with Gasteiger partial charge in [0.05, 0.1) is 6.61 Å². The molecule has 0 saturated carbocycles. The standard InChI is InChI=1S/C10H10BBrF3O.K/c1-8(11(13,14)15)6-16-7-9-2-4-10(12)5-3-9;/h2-5H,1,6-7H2;/q-1;+1. The van der Waals surface area contributed by atoms with E-state index in [-0.39, 0.29) is 58.0 Å². The molecule has 88 valence electrons. The van der Waals surface area contributed by atoms with Crippen LogP contribution in [0.4, 0.5) is 12.9 Å². The van der Waals surface area contributed by atoms with Crippen LogP contribution in [-0.2, 0) is 11.3 Å². The Balaban J connectivity index is 0.00000256. The molecule has 0 spiro atoms. The zero-order valence-corrected chi connectivity index (χ0v) is 14.1. The molecule has 0 aliphatic heterocycles. The summed E-state index contributed by atoms with van der Waals surface area (Å²) in [6.45, 7) is -2.37. The summed E-state index contributed by atoms with van der Waals surface area (Å²) in [5.41, 5.74) is 0.0165. The van der Waals surface area contributed by atoms with Crippen LogP contribution in [-0.4, -0.2) is 13.6 Å². The maximum Gasteiger partial charge on any atom is 1.00 e. The van der Waals surface area contributed by atoms with Crippen molar-refractivity contribution in [1.29, 1.82) is 0 Å². The molecule has 1 rings (SSSR count). The van der Waals surface area contributed by atoms with Crippen molar-refractivity contribution in [2.24, 2.45) is 0 Å². The van der Waals surface area contributed by atoms with Gasteiger partial charge in [-0.25, -0.2) is 0 Å². The first-order chi connectivity index (χ1) is 7.39. The number of rotatable bonds is 5. The first-order valence-corrected chi connectivity index (χ1v) is 5.38. The second-order valence-electron chi connectivity index (χ2n) is 3.35. The van der Waals surface area contributed by atoms with Gasteiger partial charge in [0.25, 0.3) is 0 Å². The van der Waals surface area contributed by atoms with E-state index in [1.165, 1.54) is 0 Å². The first-order valence-electron chi connectivity index (χ1n) is 4.59. The molecule has 0 atom stereocenters. The van der Waals surface area contributed by atoms with Crippen LogP contribution in [0, 0.1) is 0 Å². The minimum absolute atomic E-state index is 0. The van der Waals surface area contributed by atoms with E-state index < -0.39 is 19.1 Å². The van der Waals surface area contributed by atoms with Gasteiger partial charge in [-0.15, -0.1) is 12.1 Å². The Hall–Kier alpha value is 0.891. The molecule has 0 bridgehead atoms. The smallest absolute Gasteiger partial charge is 0.445 e. The number of ether oxygens (including phenoxy) is 1. The predicted molar refractivity (Wildman–Crippen MR) is 62.0 cm³/mol. The molecule has 1 aromatic carbocycles. The fraction of sp³-hybridized carbons (Fsp3) is 0.200. The van der Waals surface area contributed by atoms with Crippen molar-refractivity contribution in [3.63, 3.8) is 0 Å². The van der Waals surface area contributed by atoms with Crippen molar-refractivity contribution >= 4 is 22.9 Å². The van der Waals surface area contributed by atoms with Gasteiger partial charge in [-0.05, 0) is 17.7 Å². The third-order valence-electron chi connectivity index (χ3n) is 1.93. The predicted octanol–water partition coefficient (Wildman–Crippen LogP) is 0.912.